The van der Waals surface area contributed by atoms with Crippen molar-refractivity contribution in [1.29, 1.82) is 0 Å². The smallest absolute Gasteiger partial charge is 0.133 e. The van der Waals surface area contributed by atoms with Gasteiger partial charge in [-0.05, 0) is 50.1 Å². The lowest BCUT2D eigenvalue weighted by Gasteiger charge is -2.31. The van der Waals surface area contributed by atoms with Crippen LogP contribution in [0.5, 0.6) is 0 Å². The molecule has 1 aliphatic rings. The van der Waals surface area contributed by atoms with E-state index in [1.54, 1.807) is 6.92 Å². The number of rotatable bonds is 5. The summed E-state index contributed by atoms with van der Waals surface area (Å²) in [6, 6.07) is 2.68. The number of aryl methyl sites for hydroxylation is 1. The zero-order valence-corrected chi connectivity index (χ0v) is 13.0. The van der Waals surface area contributed by atoms with Crippen molar-refractivity contribution in [3.05, 3.63) is 34.9 Å². The molecule has 1 nitrogen and oxygen atoms in total. The Kier molecular flexibility index (Phi) is 5.85. The number of hydrogen-bond donors (Lipinski definition) is 1. The maximum Gasteiger partial charge on any atom is 0.133 e. The quantitative estimate of drug-likeness (QED) is 0.853. The Labute approximate surface area is 124 Å². The molecule has 1 fully saturated rings. The maximum atomic E-state index is 14.4. The summed E-state index contributed by atoms with van der Waals surface area (Å²) in [6.45, 7) is 4.55. The average molecular weight is 299 g/mol. The summed E-state index contributed by atoms with van der Waals surface area (Å²) in [7, 11) is 0. The van der Waals surface area contributed by atoms with E-state index in [1.165, 1.54) is 18.6 Å². The monoisotopic (exact) mass is 299 g/mol. The van der Waals surface area contributed by atoms with Crippen molar-refractivity contribution in [3.63, 3.8) is 0 Å². The fourth-order valence-electron chi connectivity index (χ4n) is 2.71. The van der Waals surface area contributed by atoms with E-state index in [1.807, 2.05) is 11.8 Å². The number of thioether (sulfide) groups is 1. The van der Waals surface area contributed by atoms with Crippen LogP contribution < -0.4 is 5.32 Å². The van der Waals surface area contributed by atoms with Crippen LogP contribution >= 0.6 is 11.8 Å². The SMILES string of the molecule is CCCNC(c1c(F)ccc(C)c1F)C1CCCCS1. The Morgan fingerprint density at radius 1 is 1.35 bits per heavy atom. The summed E-state index contributed by atoms with van der Waals surface area (Å²) in [5.41, 5.74) is 0.753. The molecule has 112 valence electrons. The van der Waals surface area contributed by atoms with Crippen LogP contribution in [0.2, 0.25) is 0 Å². The summed E-state index contributed by atoms with van der Waals surface area (Å²) in [4.78, 5) is 0. The number of hydrogen-bond acceptors (Lipinski definition) is 2. The van der Waals surface area contributed by atoms with E-state index < -0.39 is 5.82 Å². The van der Waals surface area contributed by atoms with Gasteiger partial charge in [-0.25, -0.2) is 8.78 Å². The van der Waals surface area contributed by atoms with Crippen LogP contribution in [0.4, 0.5) is 8.78 Å². The Balaban J connectivity index is 2.32. The second kappa shape index (κ2) is 7.41. The van der Waals surface area contributed by atoms with Crippen LogP contribution in [0.1, 0.15) is 49.8 Å². The zero-order valence-electron chi connectivity index (χ0n) is 12.2. The van der Waals surface area contributed by atoms with Gasteiger partial charge >= 0.3 is 0 Å². The molecular weight excluding hydrogens is 276 g/mol. The van der Waals surface area contributed by atoms with Crippen LogP contribution in [-0.4, -0.2) is 17.5 Å². The Hall–Kier alpha value is -0.610. The summed E-state index contributed by atoms with van der Waals surface area (Å²) in [5, 5.41) is 3.63. The second-order valence-electron chi connectivity index (χ2n) is 5.43. The highest BCUT2D eigenvalue weighted by Crippen LogP contribution is 2.37. The fourth-order valence-corrected chi connectivity index (χ4v) is 4.14. The van der Waals surface area contributed by atoms with E-state index in [2.05, 4.69) is 12.2 Å². The van der Waals surface area contributed by atoms with Gasteiger partial charge in [0, 0.05) is 16.9 Å². The summed E-state index contributed by atoms with van der Waals surface area (Å²) >= 11 is 1.84. The van der Waals surface area contributed by atoms with Crippen molar-refractivity contribution < 1.29 is 8.78 Å². The minimum Gasteiger partial charge on any atom is -0.309 e. The van der Waals surface area contributed by atoms with Crippen molar-refractivity contribution in [2.75, 3.05) is 12.3 Å². The molecule has 1 saturated heterocycles. The van der Waals surface area contributed by atoms with Crippen molar-refractivity contribution in [3.8, 4) is 0 Å². The third-order valence-electron chi connectivity index (χ3n) is 3.83. The van der Waals surface area contributed by atoms with E-state index in [-0.39, 0.29) is 22.7 Å². The molecule has 2 unspecified atom stereocenters. The molecule has 0 bridgehead atoms. The van der Waals surface area contributed by atoms with Crippen molar-refractivity contribution >= 4 is 11.8 Å². The van der Waals surface area contributed by atoms with E-state index in [0.717, 1.165) is 31.6 Å². The van der Waals surface area contributed by atoms with Gasteiger partial charge in [0.25, 0.3) is 0 Å². The third kappa shape index (κ3) is 3.53. The molecule has 0 radical (unpaired) electrons. The fraction of sp³-hybridized carbons (Fsp3) is 0.625. The van der Waals surface area contributed by atoms with Crippen molar-refractivity contribution in [1.82, 2.24) is 5.32 Å². The number of benzene rings is 1. The minimum absolute atomic E-state index is 0.222. The summed E-state index contributed by atoms with van der Waals surface area (Å²) in [6.07, 6.45) is 4.35. The molecule has 0 amide bonds. The normalized spacial score (nSPS) is 20.9. The lowest BCUT2D eigenvalue weighted by Crippen LogP contribution is -2.34. The van der Waals surface area contributed by atoms with Gasteiger partial charge in [0.05, 0.1) is 0 Å². The third-order valence-corrected chi connectivity index (χ3v) is 5.29. The average Bonchev–Trinajstić information content (AvgIpc) is 2.47. The molecule has 0 saturated carbocycles. The molecule has 1 N–H and O–H groups in total. The van der Waals surface area contributed by atoms with Gasteiger partial charge in [0.2, 0.25) is 0 Å². The van der Waals surface area contributed by atoms with Gasteiger partial charge in [-0.1, -0.05) is 19.4 Å². The van der Waals surface area contributed by atoms with Crippen LogP contribution in [0.3, 0.4) is 0 Å². The molecule has 0 aliphatic carbocycles. The lowest BCUT2D eigenvalue weighted by atomic mass is 9.96. The first kappa shape index (κ1) is 15.8. The highest BCUT2D eigenvalue weighted by molar-refractivity contribution is 8.00. The second-order valence-corrected chi connectivity index (χ2v) is 6.78. The molecule has 20 heavy (non-hydrogen) atoms. The predicted octanol–water partition coefficient (Wildman–Crippen LogP) is 4.60. The minimum atomic E-state index is -0.423. The molecule has 1 aromatic rings. The van der Waals surface area contributed by atoms with Gasteiger partial charge in [-0.15, -0.1) is 0 Å². The molecule has 0 spiro atoms. The highest BCUT2D eigenvalue weighted by Gasteiger charge is 2.30. The van der Waals surface area contributed by atoms with Crippen molar-refractivity contribution in [2.45, 2.75) is 50.8 Å². The summed E-state index contributed by atoms with van der Waals surface area (Å²) < 4.78 is 28.6. The summed E-state index contributed by atoms with van der Waals surface area (Å²) in [5.74, 6) is 0.280. The highest BCUT2D eigenvalue weighted by atomic mass is 32.2. The first-order valence-electron chi connectivity index (χ1n) is 7.44. The molecule has 1 heterocycles. The van der Waals surface area contributed by atoms with E-state index in [0.29, 0.717) is 5.56 Å². The predicted molar refractivity (Wildman–Crippen MR) is 82.2 cm³/mol. The van der Waals surface area contributed by atoms with Gasteiger partial charge in [-0.2, -0.15) is 11.8 Å². The zero-order chi connectivity index (χ0) is 14.5. The standard InChI is InChI=1S/C16H23F2NS/c1-3-9-19-16(13-6-4-5-10-20-13)14-12(17)8-7-11(2)15(14)18/h7-8,13,16,19H,3-6,9-10H2,1-2H3. The maximum absolute atomic E-state index is 14.4. The van der Waals surface area contributed by atoms with Crippen LogP contribution in [-0.2, 0) is 0 Å². The molecule has 4 heteroatoms. The molecule has 0 aromatic heterocycles. The largest absolute Gasteiger partial charge is 0.309 e. The van der Waals surface area contributed by atoms with Gasteiger partial charge in [0.1, 0.15) is 11.6 Å². The first-order chi connectivity index (χ1) is 9.65. The molecule has 2 atom stereocenters. The van der Waals surface area contributed by atoms with E-state index in [9.17, 15) is 8.78 Å². The van der Waals surface area contributed by atoms with Crippen molar-refractivity contribution in [2.24, 2.45) is 0 Å². The van der Waals surface area contributed by atoms with Gasteiger partial charge in [0.15, 0.2) is 0 Å². The number of nitrogens with one attached hydrogen (secondary N) is 1. The number of halogens is 2. The van der Waals surface area contributed by atoms with Crippen LogP contribution in [0.25, 0.3) is 0 Å². The first-order valence-corrected chi connectivity index (χ1v) is 8.49. The molecular formula is C16H23F2NS. The molecule has 1 aromatic carbocycles. The lowest BCUT2D eigenvalue weighted by molar-refractivity contribution is 0.434. The topological polar surface area (TPSA) is 12.0 Å². The Morgan fingerprint density at radius 3 is 2.80 bits per heavy atom. The van der Waals surface area contributed by atoms with Gasteiger partial charge in [-0.3, -0.25) is 0 Å². The van der Waals surface area contributed by atoms with Gasteiger partial charge < -0.3 is 5.32 Å². The molecule has 2 rings (SSSR count). The van der Waals surface area contributed by atoms with Crippen LogP contribution in [0, 0.1) is 18.6 Å². The van der Waals surface area contributed by atoms with E-state index in [4.69, 9.17) is 0 Å². The van der Waals surface area contributed by atoms with E-state index >= 15 is 0 Å². The Morgan fingerprint density at radius 2 is 2.15 bits per heavy atom. The van der Waals surface area contributed by atoms with Crippen LogP contribution in [0.15, 0.2) is 12.1 Å². The Bertz CT molecular complexity index is 444. The molecule has 1 aliphatic heterocycles.